The molecular weight excluding hydrogens is 342 g/mol. The topological polar surface area (TPSA) is 52.0 Å². The van der Waals surface area contributed by atoms with Crippen LogP contribution in [0.4, 0.5) is 14.6 Å². The normalized spacial score (nSPS) is 10.8. The van der Waals surface area contributed by atoms with Crippen LogP contribution in [0.5, 0.6) is 0 Å². The number of halogens is 3. The third-order valence-electron chi connectivity index (χ3n) is 2.96. The van der Waals surface area contributed by atoms with E-state index in [4.69, 9.17) is 10.3 Å². The second kappa shape index (κ2) is 5.29. The summed E-state index contributed by atoms with van der Waals surface area (Å²) in [6.45, 7) is 0. The van der Waals surface area contributed by atoms with Gasteiger partial charge in [0.2, 0.25) is 0 Å². The van der Waals surface area contributed by atoms with Crippen molar-refractivity contribution in [1.82, 2.24) is 5.16 Å². The Balaban J connectivity index is 2.22. The lowest BCUT2D eigenvalue weighted by Crippen LogP contribution is -1.91. The molecule has 0 aliphatic rings. The molecule has 1 aromatic heterocycles. The summed E-state index contributed by atoms with van der Waals surface area (Å²) in [4.78, 5) is 0. The van der Waals surface area contributed by atoms with Crippen LogP contribution in [0.25, 0.3) is 22.5 Å². The minimum atomic E-state index is -0.689. The third kappa shape index (κ3) is 2.67. The van der Waals surface area contributed by atoms with Gasteiger partial charge in [-0.25, -0.2) is 8.78 Å². The van der Waals surface area contributed by atoms with Crippen LogP contribution in [-0.4, -0.2) is 5.16 Å². The van der Waals surface area contributed by atoms with Crippen molar-refractivity contribution in [3.8, 4) is 22.5 Å². The number of nitrogens with zero attached hydrogens (tertiary/aromatic N) is 1. The largest absolute Gasteiger partial charge is 0.380 e. The van der Waals surface area contributed by atoms with Crippen molar-refractivity contribution in [3.63, 3.8) is 0 Å². The summed E-state index contributed by atoms with van der Waals surface area (Å²) < 4.78 is 32.9. The highest BCUT2D eigenvalue weighted by Crippen LogP contribution is 2.37. The molecule has 3 nitrogen and oxygen atoms in total. The molecule has 2 aromatic carbocycles. The average molecular weight is 351 g/mol. The summed E-state index contributed by atoms with van der Waals surface area (Å²) in [5.74, 6) is -0.939. The van der Waals surface area contributed by atoms with Crippen LogP contribution in [0.1, 0.15) is 0 Å². The first-order valence-electron chi connectivity index (χ1n) is 6.02. The first-order valence-corrected chi connectivity index (χ1v) is 6.81. The molecule has 2 N–H and O–H groups in total. The molecule has 0 unspecified atom stereocenters. The van der Waals surface area contributed by atoms with Gasteiger partial charge < -0.3 is 10.3 Å². The van der Waals surface area contributed by atoms with Gasteiger partial charge >= 0.3 is 0 Å². The Labute approximate surface area is 127 Å². The molecular formula is C15H9BrF2N2O. The fourth-order valence-electron chi connectivity index (χ4n) is 2.11. The summed E-state index contributed by atoms with van der Waals surface area (Å²) in [6, 6.07) is 10.4. The first-order chi connectivity index (χ1) is 10.0. The molecule has 0 bridgehead atoms. The number of nitrogen functional groups attached to an aromatic ring is 1. The fraction of sp³-hybridized carbons (Fsp3) is 0. The standard InChI is InChI=1S/C15H9BrF2N2O/c16-10-3-1-2-8(4-10)14-13(15(19)20-21-14)9-5-11(17)7-12(18)6-9/h1-7H,(H2,19,20). The maximum Gasteiger partial charge on any atom is 0.176 e. The average Bonchev–Trinajstić information content (AvgIpc) is 2.79. The van der Waals surface area contributed by atoms with E-state index in [2.05, 4.69) is 21.1 Å². The van der Waals surface area contributed by atoms with Gasteiger partial charge in [-0.05, 0) is 29.8 Å². The Morgan fingerprint density at radius 1 is 1.00 bits per heavy atom. The molecule has 6 heteroatoms. The molecule has 1 heterocycles. The lowest BCUT2D eigenvalue weighted by atomic mass is 10.0. The molecule has 0 saturated heterocycles. The van der Waals surface area contributed by atoms with E-state index in [0.717, 1.165) is 10.5 Å². The van der Waals surface area contributed by atoms with E-state index >= 15 is 0 Å². The molecule has 3 aromatic rings. The van der Waals surface area contributed by atoms with Gasteiger partial charge in [-0.3, -0.25) is 0 Å². The summed E-state index contributed by atoms with van der Waals surface area (Å²) in [5, 5.41) is 3.70. The summed E-state index contributed by atoms with van der Waals surface area (Å²) >= 11 is 3.36. The van der Waals surface area contributed by atoms with E-state index < -0.39 is 11.6 Å². The third-order valence-corrected chi connectivity index (χ3v) is 3.45. The van der Waals surface area contributed by atoms with Crippen molar-refractivity contribution in [2.24, 2.45) is 0 Å². The molecule has 106 valence electrons. The zero-order chi connectivity index (χ0) is 15.0. The van der Waals surface area contributed by atoms with Gasteiger partial charge in [0.05, 0.1) is 5.56 Å². The predicted molar refractivity (Wildman–Crippen MR) is 79.4 cm³/mol. The number of nitrogens with two attached hydrogens (primary N) is 1. The predicted octanol–water partition coefficient (Wildman–Crippen LogP) is 4.63. The number of hydrogen-bond acceptors (Lipinski definition) is 3. The summed E-state index contributed by atoms with van der Waals surface area (Å²) in [5.41, 5.74) is 7.14. The van der Waals surface area contributed by atoms with Crippen molar-refractivity contribution in [3.05, 3.63) is 58.6 Å². The highest BCUT2D eigenvalue weighted by atomic mass is 79.9. The number of rotatable bonds is 2. The molecule has 0 saturated carbocycles. The first kappa shape index (κ1) is 13.8. The Bertz CT molecular complexity index is 797. The van der Waals surface area contributed by atoms with Gasteiger partial charge in [-0.1, -0.05) is 33.2 Å². The second-order valence-corrected chi connectivity index (χ2v) is 5.36. The molecule has 0 radical (unpaired) electrons. The van der Waals surface area contributed by atoms with Crippen LogP contribution >= 0.6 is 15.9 Å². The Hall–Kier alpha value is -2.21. The highest BCUT2D eigenvalue weighted by Gasteiger charge is 2.19. The van der Waals surface area contributed by atoms with Crippen LogP contribution in [0, 0.1) is 11.6 Å². The Morgan fingerprint density at radius 3 is 2.38 bits per heavy atom. The molecule has 0 fully saturated rings. The molecule has 0 amide bonds. The summed E-state index contributed by atoms with van der Waals surface area (Å²) in [7, 11) is 0. The number of benzene rings is 2. The van der Waals surface area contributed by atoms with E-state index in [0.29, 0.717) is 16.9 Å². The maximum atomic E-state index is 13.4. The monoisotopic (exact) mass is 350 g/mol. The Kier molecular flexibility index (Phi) is 3.47. The van der Waals surface area contributed by atoms with E-state index in [1.807, 2.05) is 12.1 Å². The van der Waals surface area contributed by atoms with E-state index in [1.54, 1.807) is 12.1 Å². The zero-order valence-electron chi connectivity index (χ0n) is 10.6. The van der Waals surface area contributed by atoms with Gasteiger partial charge in [0.25, 0.3) is 0 Å². The Morgan fingerprint density at radius 2 is 1.71 bits per heavy atom. The minimum Gasteiger partial charge on any atom is -0.380 e. The molecule has 0 spiro atoms. The van der Waals surface area contributed by atoms with Crippen molar-refractivity contribution < 1.29 is 13.3 Å². The number of aromatic nitrogens is 1. The van der Waals surface area contributed by atoms with Crippen LogP contribution in [0.15, 0.2) is 51.5 Å². The van der Waals surface area contributed by atoms with Gasteiger partial charge in [-0.15, -0.1) is 0 Å². The second-order valence-electron chi connectivity index (χ2n) is 4.44. The van der Waals surface area contributed by atoms with Crippen LogP contribution in [0.3, 0.4) is 0 Å². The molecule has 3 rings (SSSR count). The number of hydrogen-bond donors (Lipinski definition) is 1. The van der Waals surface area contributed by atoms with Crippen LogP contribution in [0.2, 0.25) is 0 Å². The van der Waals surface area contributed by atoms with Crippen molar-refractivity contribution in [2.45, 2.75) is 0 Å². The molecule has 21 heavy (non-hydrogen) atoms. The molecule has 0 atom stereocenters. The fourth-order valence-corrected chi connectivity index (χ4v) is 2.51. The van der Waals surface area contributed by atoms with Crippen molar-refractivity contribution >= 4 is 21.7 Å². The van der Waals surface area contributed by atoms with Gasteiger partial charge in [-0.2, -0.15) is 0 Å². The smallest absolute Gasteiger partial charge is 0.176 e. The molecule has 0 aliphatic carbocycles. The van der Waals surface area contributed by atoms with Gasteiger partial charge in [0, 0.05) is 16.1 Å². The lowest BCUT2D eigenvalue weighted by Gasteiger charge is -2.04. The zero-order valence-corrected chi connectivity index (χ0v) is 12.2. The maximum absolute atomic E-state index is 13.4. The van der Waals surface area contributed by atoms with E-state index in [9.17, 15) is 8.78 Å². The van der Waals surface area contributed by atoms with Crippen LogP contribution < -0.4 is 5.73 Å². The quantitative estimate of drug-likeness (QED) is 0.732. The van der Waals surface area contributed by atoms with Crippen molar-refractivity contribution in [1.29, 1.82) is 0 Å². The van der Waals surface area contributed by atoms with Crippen molar-refractivity contribution in [2.75, 3.05) is 5.73 Å². The van der Waals surface area contributed by atoms with E-state index in [-0.39, 0.29) is 11.4 Å². The highest BCUT2D eigenvalue weighted by molar-refractivity contribution is 9.10. The summed E-state index contributed by atoms with van der Waals surface area (Å²) in [6.07, 6.45) is 0. The van der Waals surface area contributed by atoms with E-state index in [1.165, 1.54) is 12.1 Å². The SMILES string of the molecule is Nc1noc(-c2cccc(Br)c2)c1-c1cc(F)cc(F)c1. The number of anilines is 1. The van der Waals surface area contributed by atoms with Gasteiger partial charge in [0.1, 0.15) is 11.6 Å². The van der Waals surface area contributed by atoms with Gasteiger partial charge in [0.15, 0.2) is 11.6 Å². The van der Waals surface area contributed by atoms with Crippen LogP contribution in [-0.2, 0) is 0 Å². The minimum absolute atomic E-state index is 0.0787. The molecule has 0 aliphatic heterocycles. The lowest BCUT2D eigenvalue weighted by molar-refractivity contribution is 0.436.